The number of ether oxygens (including phenoxy) is 1. The first kappa shape index (κ1) is 20.6. The summed E-state index contributed by atoms with van der Waals surface area (Å²) in [6.07, 6.45) is 1.73. The number of hydrogen-bond acceptors (Lipinski definition) is 5. The van der Waals surface area contributed by atoms with E-state index in [9.17, 15) is 5.11 Å². The molecule has 1 aliphatic heterocycles. The van der Waals surface area contributed by atoms with E-state index in [2.05, 4.69) is 20.6 Å². The van der Waals surface area contributed by atoms with Crippen molar-refractivity contribution in [3.05, 3.63) is 15.6 Å². The molecule has 0 bridgehead atoms. The highest BCUT2D eigenvalue weighted by Gasteiger charge is 2.34. The first-order valence-corrected chi connectivity index (χ1v) is 8.46. The SMILES string of the molecule is CN=C(NCc1sc(C)nc1C)NCC1(CCO)CCOC1.I. The Hall–Kier alpha value is -0.450. The maximum absolute atomic E-state index is 9.26. The molecule has 1 fully saturated rings. The second-order valence-corrected chi connectivity index (χ2v) is 7.08. The molecule has 1 unspecified atom stereocenters. The zero-order valence-electron chi connectivity index (χ0n) is 14.0. The van der Waals surface area contributed by atoms with Gasteiger partial charge in [0.25, 0.3) is 0 Å². The maximum Gasteiger partial charge on any atom is 0.191 e. The Morgan fingerprint density at radius 3 is 2.74 bits per heavy atom. The Labute approximate surface area is 159 Å². The topological polar surface area (TPSA) is 78.8 Å². The van der Waals surface area contributed by atoms with E-state index in [0.29, 0.717) is 6.61 Å². The summed E-state index contributed by atoms with van der Waals surface area (Å²) in [7, 11) is 1.77. The molecule has 0 radical (unpaired) electrons. The number of hydrogen-bond donors (Lipinski definition) is 3. The second kappa shape index (κ2) is 9.75. The summed E-state index contributed by atoms with van der Waals surface area (Å²) < 4.78 is 5.51. The van der Waals surface area contributed by atoms with Crippen molar-refractivity contribution in [3.63, 3.8) is 0 Å². The molecule has 6 nitrogen and oxygen atoms in total. The summed E-state index contributed by atoms with van der Waals surface area (Å²) in [6, 6.07) is 0. The van der Waals surface area contributed by atoms with Crippen molar-refractivity contribution in [2.75, 3.05) is 33.4 Å². The normalized spacial score (nSPS) is 21.1. The minimum absolute atomic E-state index is 0. The van der Waals surface area contributed by atoms with Gasteiger partial charge in [0.1, 0.15) is 0 Å². The number of aliphatic hydroxyl groups is 1. The fourth-order valence-electron chi connectivity index (χ4n) is 2.70. The van der Waals surface area contributed by atoms with Crippen LogP contribution < -0.4 is 10.6 Å². The molecule has 0 aliphatic carbocycles. The van der Waals surface area contributed by atoms with Gasteiger partial charge in [-0.3, -0.25) is 4.99 Å². The number of nitrogens with one attached hydrogen (secondary N) is 2. The predicted molar refractivity (Wildman–Crippen MR) is 105 cm³/mol. The van der Waals surface area contributed by atoms with Crippen molar-refractivity contribution in [3.8, 4) is 0 Å². The van der Waals surface area contributed by atoms with Crippen molar-refractivity contribution in [1.29, 1.82) is 0 Å². The van der Waals surface area contributed by atoms with Gasteiger partial charge in [0.2, 0.25) is 0 Å². The molecular weight excluding hydrogens is 427 g/mol. The number of nitrogens with zero attached hydrogens (tertiary/aromatic N) is 2. The molecule has 1 atom stereocenters. The van der Waals surface area contributed by atoms with Crippen LogP contribution >= 0.6 is 35.3 Å². The number of rotatable bonds is 6. The van der Waals surface area contributed by atoms with Gasteiger partial charge >= 0.3 is 0 Å². The molecule has 23 heavy (non-hydrogen) atoms. The van der Waals surface area contributed by atoms with E-state index in [1.54, 1.807) is 18.4 Å². The van der Waals surface area contributed by atoms with Gasteiger partial charge in [-0.15, -0.1) is 35.3 Å². The van der Waals surface area contributed by atoms with Crippen LogP contribution in [0.25, 0.3) is 0 Å². The number of aliphatic imine (C=N–C) groups is 1. The summed E-state index contributed by atoms with van der Waals surface area (Å²) >= 11 is 1.71. The van der Waals surface area contributed by atoms with E-state index in [1.165, 1.54) is 4.88 Å². The largest absolute Gasteiger partial charge is 0.396 e. The molecule has 8 heteroatoms. The lowest BCUT2D eigenvalue weighted by molar-refractivity contribution is 0.127. The molecule has 2 rings (SSSR count). The van der Waals surface area contributed by atoms with Gasteiger partial charge in [-0.2, -0.15) is 0 Å². The molecule has 0 spiro atoms. The van der Waals surface area contributed by atoms with E-state index >= 15 is 0 Å². The van der Waals surface area contributed by atoms with Crippen LogP contribution in [-0.4, -0.2) is 49.5 Å². The third-order valence-electron chi connectivity index (χ3n) is 4.10. The van der Waals surface area contributed by atoms with Gasteiger partial charge < -0.3 is 20.5 Å². The van der Waals surface area contributed by atoms with Crippen molar-refractivity contribution >= 4 is 41.3 Å². The molecule has 132 valence electrons. The molecule has 1 aromatic rings. The van der Waals surface area contributed by atoms with Crippen molar-refractivity contribution in [2.45, 2.75) is 33.2 Å². The first-order valence-electron chi connectivity index (χ1n) is 7.64. The summed E-state index contributed by atoms with van der Waals surface area (Å²) in [5, 5.41) is 17.0. The van der Waals surface area contributed by atoms with Crippen LogP contribution in [-0.2, 0) is 11.3 Å². The van der Waals surface area contributed by atoms with Crippen LogP contribution in [0.15, 0.2) is 4.99 Å². The number of aliphatic hydroxyl groups excluding tert-OH is 1. The van der Waals surface area contributed by atoms with Crippen LogP contribution in [0, 0.1) is 19.3 Å². The second-order valence-electron chi connectivity index (χ2n) is 5.80. The van der Waals surface area contributed by atoms with Crippen LogP contribution in [0.2, 0.25) is 0 Å². The Morgan fingerprint density at radius 2 is 2.22 bits per heavy atom. The predicted octanol–water partition coefficient (Wildman–Crippen LogP) is 1.83. The molecule has 1 aliphatic rings. The summed E-state index contributed by atoms with van der Waals surface area (Å²) in [4.78, 5) is 9.93. The van der Waals surface area contributed by atoms with E-state index in [0.717, 1.165) is 49.2 Å². The number of halogens is 1. The van der Waals surface area contributed by atoms with Crippen LogP contribution in [0.5, 0.6) is 0 Å². The number of aryl methyl sites for hydroxylation is 2. The maximum atomic E-state index is 9.26. The summed E-state index contributed by atoms with van der Waals surface area (Å²) in [5.41, 5.74) is 1.09. The number of aromatic nitrogens is 1. The third-order valence-corrected chi connectivity index (χ3v) is 5.17. The highest BCUT2D eigenvalue weighted by Crippen LogP contribution is 2.31. The average molecular weight is 454 g/mol. The van der Waals surface area contributed by atoms with Crippen LogP contribution in [0.4, 0.5) is 0 Å². The Morgan fingerprint density at radius 1 is 1.43 bits per heavy atom. The molecule has 0 aromatic carbocycles. The molecule has 1 saturated heterocycles. The summed E-state index contributed by atoms with van der Waals surface area (Å²) in [5.74, 6) is 0.773. The monoisotopic (exact) mass is 454 g/mol. The smallest absolute Gasteiger partial charge is 0.191 e. The van der Waals surface area contributed by atoms with Gasteiger partial charge in [0.05, 0.1) is 23.9 Å². The average Bonchev–Trinajstić information content (AvgIpc) is 3.07. The minimum Gasteiger partial charge on any atom is -0.396 e. The van der Waals surface area contributed by atoms with Crippen LogP contribution in [0.3, 0.4) is 0 Å². The Balaban J connectivity index is 0.00000264. The Kier molecular flexibility index (Phi) is 8.73. The number of guanidine groups is 1. The lowest BCUT2D eigenvalue weighted by atomic mass is 9.84. The molecule has 1 aromatic heterocycles. The highest BCUT2D eigenvalue weighted by atomic mass is 127. The first-order chi connectivity index (χ1) is 10.6. The molecular formula is C15H27IN4O2S. The van der Waals surface area contributed by atoms with Crippen molar-refractivity contribution in [2.24, 2.45) is 10.4 Å². The van der Waals surface area contributed by atoms with Gasteiger partial charge in [-0.1, -0.05) is 0 Å². The molecule has 0 amide bonds. The standard InChI is InChI=1S/C15H26N4O2S.HI/c1-11-13(22-12(2)19-11)8-17-14(16-3)18-9-15(4-6-20)5-7-21-10-15;/h20H,4-10H2,1-3H3,(H2,16,17,18);1H. The van der Waals surface area contributed by atoms with Crippen molar-refractivity contribution in [1.82, 2.24) is 15.6 Å². The minimum atomic E-state index is 0. The lowest BCUT2D eigenvalue weighted by Gasteiger charge is -2.27. The quantitative estimate of drug-likeness (QED) is 0.347. The zero-order valence-corrected chi connectivity index (χ0v) is 17.2. The van der Waals surface area contributed by atoms with Gasteiger partial charge in [0, 0.05) is 37.1 Å². The third kappa shape index (κ3) is 5.84. The zero-order chi connectivity index (χ0) is 16.0. The van der Waals surface area contributed by atoms with Crippen molar-refractivity contribution < 1.29 is 9.84 Å². The molecule has 3 N–H and O–H groups in total. The number of thiazole rings is 1. The molecule has 2 heterocycles. The Bertz CT molecular complexity index is 516. The molecule has 0 saturated carbocycles. The van der Waals surface area contributed by atoms with E-state index in [1.807, 2.05) is 13.8 Å². The highest BCUT2D eigenvalue weighted by molar-refractivity contribution is 14.0. The van der Waals surface area contributed by atoms with E-state index in [4.69, 9.17) is 4.74 Å². The van der Waals surface area contributed by atoms with Gasteiger partial charge in [-0.25, -0.2) is 4.98 Å². The van der Waals surface area contributed by atoms with E-state index < -0.39 is 0 Å². The van der Waals surface area contributed by atoms with Gasteiger partial charge in [0.15, 0.2) is 5.96 Å². The lowest BCUT2D eigenvalue weighted by Crippen LogP contribution is -2.44. The van der Waals surface area contributed by atoms with Gasteiger partial charge in [-0.05, 0) is 26.7 Å². The van der Waals surface area contributed by atoms with E-state index in [-0.39, 0.29) is 36.0 Å². The summed E-state index contributed by atoms with van der Waals surface area (Å²) in [6.45, 7) is 7.19. The fraction of sp³-hybridized carbons (Fsp3) is 0.733. The van der Waals surface area contributed by atoms with Crippen LogP contribution in [0.1, 0.15) is 28.4 Å². The fourth-order valence-corrected chi connectivity index (χ4v) is 3.58.